The Morgan fingerprint density at radius 3 is 2.50 bits per heavy atom. The van der Waals surface area contributed by atoms with E-state index in [4.69, 9.17) is 21.4 Å². The van der Waals surface area contributed by atoms with Gasteiger partial charge in [0.2, 0.25) is 5.91 Å². The third kappa shape index (κ3) is 3.65. The average molecular weight is 459 g/mol. The molecule has 1 aromatic carbocycles. The highest BCUT2D eigenvalue weighted by molar-refractivity contribution is 6.30. The summed E-state index contributed by atoms with van der Waals surface area (Å²) in [5, 5.41) is 14.5. The Bertz CT molecular complexity index is 1060. The molecule has 0 saturated carbocycles. The van der Waals surface area contributed by atoms with Crippen LogP contribution in [0.1, 0.15) is 29.4 Å². The number of amides is 2. The van der Waals surface area contributed by atoms with Crippen molar-refractivity contribution in [3.05, 3.63) is 41.0 Å². The summed E-state index contributed by atoms with van der Waals surface area (Å²) in [5.74, 6) is -1.65. The number of fused-ring (bicyclic) bond motifs is 3. The van der Waals surface area contributed by atoms with E-state index in [-0.39, 0.29) is 30.4 Å². The third-order valence-corrected chi connectivity index (χ3v) is 6.85. The number of carboxylic acid groups (broad SMARTS) is 1. The molecule has 9 nitrogen and oxygen atoms in total. The van der Waals surface area contributed by atoms with Crippen molar-refractivity contribution in [3.8, 4) is 11.3 Å². The smallest absolute Gasteiger partial charge is 0.306 e. The Kier molecular flexibility index (Phi) is 5.38. The summed E-state index contributed by atoms with van der Waals surface area (Å²) in [4.78, 5) is 40.7. The van der Waals surface area contributed by atoms with Crippen LogP contribution in [0.3, 0.4) is 0 Å². The number of carbonyl (C=O) groups is 3. The fraction of sp³-hybridized carbons (Fsp3) is 0.455. The van der Waals surface area contributed by atoms with Crippen molar-refractivity contribution < 1.29 is 24.2 Å². The number of piperidine rings is 1. The first-order chi connectivity index (χ1) is 15.4. The molecule has 168 valence electrons. The number of carbonyl (C=O) groups excluding carboxylic acids is 2. The SMILES string of the molecule is O=C(O)C1CCN(C(=O)CN2C(=O)c3cc(-c4ccc(Cl)cc4)nn3C3COCC32)CC1. The van der Waals surface area contributed by atoms with Crippen LogP contribution < -0.4 is 0 Å². The number of nitrogens with zero attached hydrogens (tertiary/aromatic N) is 4. The standard InChI is InChI=1S/C22H23ClN4O5/c23-15-3-1-13(2-4-15)16-9-17-21(29)26(18-11-32-12-19(18)27(17)24-16)10-20(28)25-7-5-14(6-8-25)22(30)31/h1-4,9,14,18-19H,5-8,10-12H2,(H,30,31). The van der Waals surface area contributed by atoms with Crippen molar-refractivity contribution in [3.63, 3.8) is 0 Å². The van der Waals surface area contributed by atoms with Gasteiger partial charge in [-0.05, 0) is 31.0 Å². The van der Waals surface area contributed by atoms with Crippen molar-refractivity contribution in [1.82, 2.24) is 19.6 Å². The van der Waals surface area contributed by atoms with Crippen molar-refractivity contribution in [2.24, 2.45) is 5.92 Å². The Morgan fingerprint density at radius 2 is 1.81 bits per heavy atom. The average Bonchev–Trinajstić information content (AvgIpc) is 3.44. The summed E-state index contributed by atoms with van der Waals surface area (Å²) in [7, 11) is 0. The molecule has 32 heavy (non-hydrogen) atoms. The van der Waals surface area contributed by atoms with E-state index in [0.717, 1.165) is 5.56 Å². The molecule has 2 atom stereocenters. The lowest BCUT2D eigenvalue weighted by atomic mass is 9.97. The lowest BCUT2D eigenvalue weighted by molar-refractivity contribution is -0.146. The first kappa shape index (κ1) is 21.0. The number of rotatable bonds is 4. The summed E-state index contributed by atoms with van der Waals surface area (Å²) in [6, 6.07) is 8.57. The highest BCUT2D eigenvalue weighted by Crippen LogP contribution is 2.34. The summed E-state index contributed by atoms with van der Waals surface area (Å²) < 4.78 is 7.39. The molecule has 2 saturated heterocycles. The Labute approximate surface area is 189 Å². The quantitative estimate of drug-likeness (QED) is 0.750. The third-order valence-electron chi connectivity index (χ3n) is 6.59. The minimum Gasteiger partial charge on any atom is -0.481 e. The molecular weight excluding hydrogens is 436 g/mol. The molecular formula is C22H23ClN4O5. The number of hydrogen-bond donors (Lipinski definition) is 1. The molecule has 3 aliphatic heterocycles. The summed E-state index contributed by atoms with van der Waals surface area (Å²) in [5.41, 5.74) is 1.95. The van der Waals surface area contributed by atoms with E-state index in [9.17, 15) is 14.4 Å². The Hall–Kier alpha value is -2.91. The second-order valence-corrected chi connectivity index (χ2v) is 8.90. The highest BCUT2D eigenvalue weighted by atomic mass is 35.5. The number of halogens is 1. The molecule has 5 rings (SSSR count). The van der Waals surface area contributed by atoms with Gasteiger partial charge in [-0.3, -0.25) is 19.1 Å². The van der Waals surface area contributed by atoms with E-state index in [1.54, 1.807) is 32.7 Å². The van der Waals surface area contributed by atoms with Crippen molar-refractivity contribution >= 4 is 29.4 Å². The van der Waals surface area contributed by atoms with Gasteiger partial charge in [0.15, 0.2) is 0 Å². The van der Waals surface area contributed by atoms with E-state index < -0.39 is 11.9 Å². The molecule has 10 heteroatoms. The number of hydrogen-bond acceptors (Lipinski definition) is 5. The van der Waals surface area contributed by atoms with E-state index in [2.05, 4.69) is 5.10 Å². The van der Waals surface area contributed by atoms with Gasteiger partial charge in [0.25, 0.3) is 5.91 Å². The van der Waals surface area contributed by atoms with Gasteiger partial charge in [0.1, 0.15) is 12.2 Å². The van der Waals surface area contributed by atoms with Crippen LogP contribution in [0.2, 0.25) is 5.02 Å². The predicted molar refractivity (Wildman–Crippen MR) is 114 cm³/mol. The zero-order valence-corrected chi connectivity index (χ0v) is 18.1. The van der Waals surface area contributed by atoms with Crippen LogP contribution in [0.4, 0.5) is 0 Å². The molecule has 0 radical (unpaired) electrons. The van der Waals surface area contributed by atoms with Crippen LogP contribution in [-0.2, 0) is 14.3 Å². The van der Waals surface area contributed by atoms with Gasteiger partial charge in [-0.2, -0.15) is 5.10 Å². The normalized spacial score (nSPS) is 23.2. The molecule has 1 N–H and O–H groups in total. The monoisotopic (exact) mass is 458 g/mol. The minimum atomic E-state index is -0.820. The number of likely N-dealkylation sites (tertiary alicyclic amines) is 1. The predicted octanol–water partition coefficient (Wildman–Crippen LogP) is 1.92. The largest absolute Gasteiger partial charge is 0.481 e. The fourth-order valence-corrected chi connectivity index (χ4v) is 4.87. The summed E-state index contributed by atoms with van der Waals surface area (Å²) in [6.45, 7) is 1.49. The maximum atomic E-state index is 13.4. The van der Waals surface area contributed by atoms with Crippen molar-refractivity contribution in [2.75, 3.05) is 32.8 Å². The minimum absolute atomic E-state index is 0.0530. The van der Waals surface area contributed by atoms with Crippen LogP contribution >= 0.6 is 11.6 Å². The number of benzene rings is 1. The molecule has 4 heterocycles. The summed E-state index contributed by atoms with van der Waals surface area (Å²) in [6.07, 6.45) is 0.864. The second-order valence-electron chi connectivity index (χ2n) is 8.46. The van der Waals surface area contributed by atoms with E-state index in [0.29, 0.717) is 55.6 Å². The zero-order valence-electron chi connectivity index (χ0n) is 17.3. The number of ether oxygens (including phenoxy) is 1. The zero-order chi connectivity index (χ0) is 22.4. The molecule has 3 aliphatic rings. The van der Waals surface area contributed by atoms with E-state index in [1.807, 2.05) is 12.1 Å². The number of carboxylic acids is 1. The van der Waals surface area contributed by atoms with Gasteiger partial charge < -0.3 is 19.6 Å². The molecule has 2 amide bonds. The van der Waals surface area contributed by atoms with Crippen molar-refractivity contribution in [2.45, 2.75) is 24.9 Å². The van der Waals surface area contributed by atoms with Crippen LogP contribution in [0.25, 0.3) is 11.3 Å². The first-order valence-electron chi connectivity index (χ1n) is 10.7. The maximum Gasteiger partial charge on any atom is 0.306 e. The molecule has 2 aromatic rings. The topological polar surface area (TPSA) is 105 Å². The maximum absolute atomic E-state index is 13.4. The number of aromatic nitrogens is 2. The fourth-order valence-electron chi connectivity index (χ4n) is 4.74. The lowest BCUT2D eigenvalue weighted by Crippen LogP contribution is -2.55. The van der Waals surface area contributed by atoms with E-state index in [1.165, 1.54) is 0 Å². The van der Waals surface area contributed by atoms with Crippen LogP contribution in [0.15, 0.2) is 30.3 Å². The van der Waals surface area contributed by atoms with Gasteiger partial charge >= 0.3 is 5.97 Å². The highest BCUT2D eigenvalue weighted by Gasteiger charge is 2.45. The molecule has 1 aromatic heterocycles. The van der Waals surface area contributed by atoms with E-state index >= 15 is 0 Å². The van der Waals surface area contributed by atoms with Gasteiger partial charge in [-0.25, -0.2) is 0 Å². The Morgan fingerprint density at radius 1 is 1.12 bits per heavy atom. The van der Waals surface area contributed by atoms with Gasteiger partial charge in [-0.1, -0.05) is 23.7 Å². The summed E-state index contributed by atoms with van der Waals surface area (Å²) >= 11 is 5.98. The molecule has 0 spiro atoms. The number of aliphatic carboxylic acids is 1. The van der Waals surface area contributed by atoms with Crippen LogP contribution in [-0.4, -0.2) is 81.4 Å². The van der Waals surface area contributed by atoms with Gasteiger partial charge in [-0.15, -0.1) is 0 Å². The second kappa shape index (κ2) is 8.22. The molecule has 0 aliphatic carbocycles. The van der Waals surface area contributed by atoms with Crippen LogP contribution in [0, 0.1) is 5.92 Å². The molecule has 0 bridgehead atoms. The lowest BCUT2D eigenvalue weighted by Gasteiger charge is -2.38. The molecule has 2 unspecified atom stereocenters. The van der Waals surface area contributed by atoms with Gasteiger partial charge in [0.05, 0.1) is 36.9 Å². The van der Waals surface area contributed by atoms with Gasteiger partial charge in [0, 0.05) is 23.7 Å². The van der Waals surface area contributed by atoms with Crippen molar-refractivity contribution in [1.29, 1.82) is 0 Å². The van der Waals surface area contributed by atoms with Crippen LogP contribution in [0.5, 0.6) is 0 Å². The molecule has 2 fully saturated rings. The first-order valence-corrected chi connectivity index (χ1v) is 11.0. The Balaban J connectivity index is 1.36.